The third-order valence-corrected chi connectivity index (χ3v) is 3.42. The van der Waals surface area contributed by atoms with Crippen molar-refractivity contribution in [3.05, 3.63) is 0 Å². The van der Waals surface area contributed by atoms with Gasteiger partial charge in [-0.3, -0.25) is 4.79 Å². The molecule has 1 aliphatic rings. The summed E-state index contributed by atoms with van der Waals surface area (Å²) in [4.78, 5) is 10.9. The molecule has 2 heteroatoms. The third-order valence-electron chi connectivity index (χ3n) is 3.42. The van der Waals surface area contributed by atoms with Gasteiger partial charge in [-0.2, -0.15) is 0 Å². The second-order valence-corrected chi connectivity index (χ2v) is 4.94. The summed E-state index contributed by atoms with van der Waals surface area (Å²) in [5.41, 5.74) is 0. The van der Waals surface area contributed by atoms with Gasteiger partial charge < -0.3 is 4.74 Å². The number of esters is 1. The summed E-state index contributed by atoms with van der Waals surface area (Å²) in [6.45, 7) is 8.20. The lowest BCUT2D eigenvalue weighted by atomic mass is 9.76. The average molecular weight is 198 g/mol. The normalized spacial score (nSPS) is 33.1. The fourth-order valence-electron chi connectivity index (χ4n) is 2.29. The van der Waals surface area contributed by atoms with Crippen molar-refractivity contribution >= 4 is 5.97 Å². The van der Waals surface area contributed by atoms with Gasteiger partial charge in [0.1, 0.15) is 6.10 Å². The summed E-state index contributed by atoms with van der Waals surface area (Å²) in [5, 5.41) is 0. The predicted molar refractivity (Wildman–Crippen MR) is 56.9 cm³/mol. The van der Waals surface area contributed by atoms with Crippen molar-refractivity contribution in [2.75, 3.05) is 0 Å². The smallest absolute Gasteiger partial charge is 0.302 e. The highest BCUT2D eigenvalue weighted by Gasteiger charge is 2.30. The van der Waals surface area contributed by atoms with Crippen molar-refractivity contribution in [1.82, 2.24) is 0 Å². The second-order valence-electron chi connectivity index (χ2n) is 4.94. The minimum Gasteiger partial charge on any atom is -0.462 e. The summed E-state index contributed by atoms with van der Waals surface area (Å²) in [5.74, 6) is 1.84. The Kier molecular flexibility index (Phi) is 3.97. The van der Waals surface area contributed by atoms with Crippen LogP contribution in [0.4, 0.5) is 0 Å². The molecule has 0 saturated heterocycles. The van der Waals surface area contributed by atoms with Crippen LogP contribution >= 0.6 is 0 Å². The maximum Gasteiger partial charge on any atom is 0.302 e. The minimum atomic E-state index is -0.133. The summed E-state index contributed by atoms with van der Waals surface area (Å²) < 4.78 is 5.34. The highest BCUT2D eigenvalue weighted by atomic mass is 16.5. The number of carbonyl (C=O) groups excluding carboxylic acids is 1. The van der Waals surface area contributed by atoms with Gasteiger partial charge in [-0.25, -0.2) is 0 Å². The number of carbonyl (C=O) groups is 1. The lowest BCUT2D eigenvalue weighted by Crippen LogP contribution is -2.33. The van der Waals surface area contributed by atoms with E-state index in [0.29, 0.717) is 11.8 Å². The average Bonchev–Trinajstić information content (AvgIpc) is 2.07. The van der Waals surface area contributed by atoms with Gasteiger partial charge in [-0.15, -0.1) is 0 Å². The van der Waals surface area contributed by atoms with Gasteiger partial charge >= 0.3 is 5.97 Å². The molecule has 3 atom stereocenters. The first-order chi connectivity index (χ1) is 6.50. The van der Waals surface area contributed by atoms with Crippen LogP contribution in [0.3, 0.4) is 0 Å². The Bertz CT molecular complexity index is 198. The molecule has 1 saturated carbocycles. The van der Waals surface area contributed by atoms with Gasteiger partial charge in [0.05, 0.1) is 0 Å². The first-order valence-corrected chi connectivity index (χ1v) is 5.68. The minimum absolute atomic E-state index is 0.133. The largest absolute Gasteiger partial charge is 0.462 e. The third kappa shape index (κ3) is 3.00. The van der Waals surface area contributed by atoms with Gasteiger partial charge in [0.15, 0.2) is 0 Å². The van der Waals surface area contributed by atoms with Crippen LogP contribution < -0.4 is 0 Å². The predicted octanol–water partition coefficient (Wildman–Crippen LogP) is 3.01. The van der Waals surface area contributed by atoms with Crippen LogP contribution in [0.5, 0.6) is 0 Å². The maximum atomic E-state index is 10.9. The molecule has 0 amide bonds. The summed E-state index contributed by atoms with van der Waals surface area (Å²) in [6.07, 6.45) is 3.70. The van der Waals surface area contributed by atoms with Crippen molar-refractivity contribution < 1.29 is 9.53 Å². The molecule has 0 aromatic heterocycles. The molecule has 0 bridgehead atoms. The van der Waals surface area contributed by atoms with Crippen molar-refractivity contribution in [2.45, 2.75) is 53.1 Å². The van der Waals surface area contributed by atoms with E-state index in [9.17, 15) is 4.79 Å². The van der Waals surface area contributed by atoms with Crippen molar-refractivity contribution in [2.24, 2.45) is 17.8 Å². The van der Waals surface area contributed by atoms with E-state index in [1.807, 2.05) is 0 Å². The number of hydrogen-bond donors (Lipinski definition) is 0. The zero-order valence-electron chi connectivity index (χ0n) is 9.75. The van der Waals surface area contributed by atoms with Crippen LogP contribution in [-0.4, -0.2) is 12.1 Å². The van der Waals surface area contributed by atoms with E-state index in [2.05, 4.69) is 20.8 Å². The molecule has 0 heterocycles. The van der Waals surface area contributed by atoms with Crippen molar-refractivity contribution in [3.8, 4) is 0 Å². The van der Waals surface area contributed by atoms with E-state index in [1.54, 1.807) is 0 Å². The van der Waals surface area contributed by atoms with E-state index in [1.165, 1.54) is 19.8 Å². The molecule has 2 nitrogen and oxygen atoms in total. The van der Waals surface area contributed by atoms with Crippen molar-refractivity contribution in [1.29, 1.82) is 0 Å². The topological polar surface area (TPSA) is 26.3 Å². The quantitative estimate of drug-likeness (QED) is 0.637. The molecule has 0 spiro atoms. The first kappa shape index (κ1) is 11.5. The Morgan fingerprint density at radius 3 is 2.50 bits per heavy atom. The lowest BCUT2D eigenvalue weighted by Gasteiger charge is -2.35. The molecule has 0 radical (unpaired) electrons. The van der Waals surface area contributed by atoms with Crippen LogP contribution in [0, 0.1) is 17.8 Å². The van der Waals surface area contributed by atoms with Crippen LogP contribution in [-0.2, 0) is 9.53 Å². The number of rotatable bonds is 2. The highest BCUT2D eigenvalue weighted by molar-refractivity contribution is 5.66. The Morgan fingerprint density at radius 1 is 1.36 bits per heavy atom. The Labute approximate surface area is 87.0 Å². The fourth-order valence-corrected chi connectivity index (χ4v) is 2.29. The molecule has 0 unspecified atom stereocenters. The van der Waals surface area contributed by atoms with E-state index in [-0.39, 0.29) is 12.1 Å². The fraction of sp³-hybridized carbons (Fsp3) is 0.917. The Hall–Kier alpha value is -0.530. The monoisotopic (exact) mass is 198 g/mol. The van der Waals surface area contributed by atoms with E-state index >= 15 is 0 Å². The molecule has 0 N–H and O–H groups in total. The van der Waals surface area contributed by atoms with Crippen LogP contribution in [0.1, 0.15) is 47.0 Å². The maximum absolute atomic E-state index is 10.9. The van der Waals surface area contributed by atoms with Crippen LogP contribution in [0.15, 0.2) is 0 Å². The Balaban J connectivity index is 2.50. The summed E-state index contributed by atoms with van der Waals surface area (Å²) in [7, 11) is 0. The van der Waals surface area contributed by atoms with Gasteiger partial charge in [0.25, 0.3) is 0 Å². The second kappa shape index (κ2) is 4.81. The Morgan fingerprint density at radius 2 is 2.00 bits per heavy atom. The molecule has 1 rings (SSSR count). The standard InChI is InChI=1S/C12H22O2/c1-8(2)11-6-5-9(3)12(7-11)14-10(4)13/h8-9,11-12H,5-7H2,1-4H3/t9-,11+,12+/m0/s1. The summed E-state index contributed by atoms with van der Waals surface area (Å²) >= 11 is 0. The molecule has 82 valence electrons. The lowest BCUT2D eigenvalue weighted by molar-refractivity contribution is -0.151. The molecular weight excluding hydrogens is 176 g/mol. The molecule has 0 aromatic carbocycles. The molecular formula is C12H22O2. The molecule has 0 aromatic rings. The van der Waals surface area contributed by atoms with Crippen LogP contribution in [0.2, 0.25) is 0 Å². The molecule has 1 fully saturated rings. The van der Waals surface area contributed by atoms with E-state index < -0.39 is 0 Å². The SMILES string of the molecule is CC(=O)O[C@@H]1C[C@H](C(C)C)CC[C@@H]1C. The van der Waals surface area contributed by atoms with Crippen molar-refractivity contribution in [3.63, 3.8) is 0 Å². The van der Waals surface area contributed by atoms with Gasteiger partial charge in [-0.1, -0.05) is 20.8 Å². The van der Waals surface area contributed by atoms with Gasteiger partial charge in [-0.05, 0) is 37.0 Å². The molecule has 1 aliphatic carbocycles. The zero-order chi connectivity index (χ0) is 10.7. The van der Waals surface area contributed by atoms with Gasteiger partial charge in [0, 0.05) is 6.92 Å². The van der Waals surface area contributed by atoms with E-state index in [4.69, 9.17) is 4.74 Å². The van der Waals surface area contributed by atoms with E-state index in [0.717, 1.165) is 12.3 Å². The van der Waals surface area contributed by atoms with Crippen LogP contribution in [0.25, 0.3) is 0 Å². The van der Waals surface area contributed by atoms with Gasteiger partial charge in [0.2, 0.25) is 0 Å². The molecule has 0 aliphatic heterocycles. The molecule has 14 heavy (non-hydrogen) atoms. The summed E-state index contributed by atoms with van der Waals surface area (Å²) in [6, 6.07) is 0. The zero-order valence-corrected chi connectivity index (χ0v) is 9.75. The highest BCUT2D eigenvalue weighted by Crippen LogP contribution is 2.34. The number of ether oxygens (including phenoxy) is 1. The number of hydrogen-bond acceptors (Lipinski definition) is 2. The first-order valence-electron chi connectivity index (χ1n) is 5.68.